The van der Waals surface area contributed by atoms with Crippen LogP contribution in [0.15, 0.2) is 72.8 Å². The number of hydrogen-bond acceptors (Lipinski definition) is 2. The summed E-state index contributed by atoms with van der Waals surface area (Å²) < 4.78 is 0. The Morgan fingerprint density at radius 2 is 1.71 bits per heavy atom. The molecule has 5 heteroatoms. The number of urea groups is 1. The first kappa shape index (κ1) is 18.3. The van der Waals surface area contributed by atoms with Crippen LogP contribution in [0, 0.1) is 0 Å². The summed E-state index contributed by atoms with van der Waals surface area (Å²) in [5.41, 5.74) is 4.35. The zero-order valence-electron chi connectivity index (χ0n) is 15.2. The molecule has 28 heavy (non-hydrogen) atoms. The number of fused-ring (bicyclic) bond motifs is 1. The van der Waals surface area contributed by atoms with Gasteiger partial charge in [-0.1, -0.05) is 60.1 Å². The fraction of sp³-hybridized carbons (Fsp3) is 0.130. The van der Waals surface area contributed by atoms with Crippen molar-refractivity contribution < 1.29 is 9.59 Å². The minimum absolute atomic E-state index is 0.180. The SMILES string of the molecule is O=C1Cc2cc(Cl)ccc2N1C(=O)Nc1ccccc1CCc1ccccc1. The third-order valence-electron chi connectivity index (χ3n) is 4.86. The van der Waals surface area contributed by atoms with Gasteiger partial charge in [0.15, 0.2) is 0 Å². The second-order valence-electron chi connectivity index (χ2n) is 6.75. The summed E-state index contributed by atoms with van der Waals surface area (Å²) in [6.45, 7) is 0. The maximum absolute atomic E-state index is 12.9. The highest BCUT2D eigenvalue weighted by Gasteiger charge is 2.32. The number of para-hydroxylation sites is 1. The predicted molar refractivity (Wildman–Crippen MR) is 112 cm³/mol. The molecule has 4 nitrogen and oxygen atoms in total. The minimum atomic E-state index is -0.446. The van der Waals surface area contributed by atoms with E-state index in [0.29, 0.717) is 10.7 Å². The van der Waals surface area contributed by atoms with Crippen LogP contribution in [-0.2, 0) is 24.1 Å². The number of nitrogens with zero attached hydrogens (tertiary/aromatic N) is 1. The molecule has 1 aliphatic rings. The van der Waals surface area contributed by atoms with E-state index in [-0.39, 0.29) is 12.3 Å². The maximum atomic E-state index is 12.9. The van der Waals surface area contributed by atoms with E-state index in [4.69, 9.17) is 11.6 Å². The summed E-state index contributed by atoms with van der Waals surface area (Å²) in [5.74, 6) is -0.253. The number of rotatable bonds is 4. The van der Waals surface area contributed by atoms with Crippen molar-refractivity contribution in [3.05, 3.63) is 94.5 Å². The number of carbonyl (C=O) groups is 2. The third kappa shape index (κ3) is 3.78. The number of benzene rings is 3. The molecule has 1 N–H and O–H groups in total. The Morgan fingerprint density at radius 3 is 2.54 bits per heavy atom. The number of halogens is 1. The molecule has 0 aliphatic carbocycles. The van der Waals surface area contributed by atoms with E-state index in [1.54, 1.807) is 18.2 Å². The van der Waals surface area contributed by atoms with Gasteiger partial charge in [-0.3, -0.25) is 4.79 Å². The molecule has 0 bridgehead atoms. The fourth-order valence-electron chi connectivity index (χ4n) is 3.47. The summed E-state index contributed by atoms with van der Waals surface area (Å²) in [6, 6.07) is 22.6. The molecule has 3 aromatic carbocycles. The Balaban J connectivity index is 1.52. The van der Waals surface area contributed by atoms with Gasteiger partial charge in [0.05, 0.1) is 12.1 Å². The zero-order valence-corrected chi connectivity index (χ0v) is 15.9. The van der Waals surface area contributed by atoms with Crippen molar-refractivity contribution in [2.45, 2.75) is 19.3 Å². The first-order valence-electron chi connectivity index (χ1n) is 9.16. The Kier molecular flexibility index (Phi) is 5.13. The molecule has 0 aromatic heterocycles. The van der Waals surface area contributed by atoms with Crippen molar-refractivity contribution in [1.82, 2.24) is 0 Å². The number of nitrogens with one attached hydrogen (secondary N) is 1. The van der Waals surface area contributed by atoms with E-state index < -0.39 is 6.03 Å². The number of aryl methyl sites for hydroxylation is 2. The highest BCUT2D eigenvalue weighted by Crippen LogP contribution is 2.32. The summed E-state index contributed by atoms with van der Waals surface area (Å²) >= 11 is 6.00. The molecule has 0 saturated heterocycles. The summed E-state index contributed by atoms with van der Waals surface area (Å²) in [5, 5.41) is 3.46. The van der Waals surface area contributed by atoms with Gasteiger partial charge in [-0.15, -0.1) is 0 Å². The topological polar surface area (TPSA) is 49.4 Å². The lowest BCUT2D eigenvalue weighted by Crippen LogP contribution is -2.37. The van der Waals surface area contributed by atoms with Gasteiger partial charge < -0.3 is 5.32 Å². The normalized spacial score (nSPS) is 12.8. The zero-order chi connectivity index (χ0) is 19.5. The Morgan fingerprint density at radius 1 is 0.964 bits per heavy atom. The van der Waals surface area contributed by atoms with Crippen LogP contribution in [0.1, 0.15) is 16.7 Å². The molecule has 0 spiro atoms. The first-order valence-corrected chi connectivity index (χ1v) is 9.54. The quantitative estimate of drug-likeness (QED) is 0.661. The number of imide groups is 1. The summed E-state index contributed by atoms with van der Waals surface area (Å²) in [4.78, 5) is 26.4. The number of anilines is 2. The molecule has 0 unspecified atom stereocenters. The minimum Gasteiger partial charge on any atom is -0.307 e. The molecule has 1 aliphatic heterocycles. The van der Waals surface area contributed by atoms with Crippen molar-refractivity contribution >= 4 is 34.9 Å². The second-order valence-corrected chi connectivity index (χ2v) is 7.19. The smallest absolute Gasteiger partial charge is 0.307 e. The van der Waals surface area contributed by atoms with Crippen molar-refractivity contribution in [3.8, 4) is 0 Å². The number of hydrogen-bond donors (Lipinski definition) is 1. The average molecular weight is 391 g/mol. The molecule has 140 valence electrons. The molecule has 4 rings (SSSR count). The summed E-state index contributed by atoms with van der Waals surface area (Å²) in [6.07, 6.45) is 1.84. The van der Waals surface area contributed by atoms with E-state index >= 15 is 0 Å². The molecule has 0 radical (unpaired) electrons. The van der Waals surface area contributed by atoms with Crippen LogP contribution in [0.3, 0.4) is 0 Å². The second kappa shape index (κ2) is 7.87. The molecule has 3 aromatic rings. The van der Waals surface area contributed by atoms with Gasteiger partial charge in [0.25, 0.3) is 0 Å². The monoisotopic (exact) mass is 390 g/mol. The van der Waals surface area contributed by atoms with Gasteiger partial charge in [0, 0.05) is 10.7 Å². The van der Waals surface area contributed by atoms with Crippen LogP contribution < -0.4 is 10.2 Å². The molecular weight excluding hydrogens is 372 g/mol. The largest absolute Gasteiger partial charge is 0.333 e. The van der Waals surface area contributed by atoms with Crippen molar-refractivity contribution in [1.29, 1.82) is 0 Å². The van der Waals surface area contributed by atoms with E-state index in [1.165, 1.54) is 10.5 Å². The van der Waals surface area contributed by atoms with Crippen molar-refractivity contribution in [2.75, 3.05) is 10.2 Å². The van der Waals surface area contributed by atoms with E-state index in [9.17, 15) is 9.59 Å². The van der Waals surface area contributed by atoms with Crippen molar-refractivity contribution in [3.63, 3.8) is 0 Å². The van der Waals surface area contributed by atoms with Gasteiger partial charge in [-0.2, -0.15) is 0 Å². The molecular formula is C23H19ClN2O2. The van der Waals surface area contributed by atoms with Gasteiger partial charge in [0.2, 0.25) is 5.91 Å². The van der Waals surface area contributed by atoms with Gasteiger partial charge >= 0.3 is 6.03 Å². The molecule has 3 amide bonds. The van der Waals surface area contributed by atoms with Gasteiger partial charge in [-0.25, -0.2) is 9.69 Å². The lowest BCUT2D eigenvalue weighted by Gasteiger charge is -2.18. The average Bonchev–Trinajstić information content (AvgIpc) is 3.03. The predicted octanol–water partition coefficient (Wildman–Crippen LogP) is 5.25. The third-order valence-corrected chi connectivity index (χ3v) is 5.10. The van der Waals surface area contributed by atoms with E-state index in [1.807, 2.05) is 42.5 Å². The van der Waals surface area contributed by atoms with Crippen LogP contribution in [-0.4, -0.2) is 11.9 Å². The molecule has 0 fully saturated rings. The number of carbonyl (C=O) groups excluding carboxylic acids is 2. The first-order chi connectivity index (χ1) is 13.6. The van der Waals surface area contributed by atoms with Crippen LogP contribution in [0.2, 0.25) is 5.02 Å². The highest BCUT2D eigenvalue weighted by molar-refractivity contribution is 6.31. The number of amides is 3. The van der Waals surface area contributed by atoms with Crippen LogP contribution >= 0.6 is 11.6 Å². The standard InChI is InChI=1S/C23H19ClN2O2/c24-19-12-13-21-18(14-19)15-22(27)26(21)23(28)25-20-9-5-4-8-17(20)11-10-16-6-2-1-3-7-16/h1-9,12-14H,10-11,15H2,(H,25,28). The molecule has 0 saturated carbocycles. The van der Waals surface area contributed by atoms with Gasteiger partial charge in [0.1, 0.15) is 0 Å². The van der Waals surface area contributed by atoms with E-state index in [0.717, 1.165) is 29.7 Å². The van der Waals surface area contributed by atoms with Gasteiger partial charge in [-0.05, 0) is 53.8 Å². The lowest BCUT2D eigenvalue weighted by molar-refractivity contribution is -0.116. The Bertz CT molecular complexity index is 1030. The maximum Gasteiger partial charge on any atom is 0.333 e. The lowest BCUT2D eigenvalue weighted by atomic mass is 10.0. The van der Waals surface area contributed by atoms with Crippen LogP contribution in [0.4, 0.5) is 16.2 Å². The summed E-state index contributed by atoms with van der Waals surface area (Å²) in [7, 11) is 0. The highest BCUT2D eigenvalue weighted by atomic mass is 35.5. The fourth-order valence-corrected chi connectivity index (χ4v) is 3.66. The van der Waals surface area contributed by atoms with E-state index in [2.05, 4.69) is 17.4 Å². The molecule has 1 heterocycles. The molecule has 0 atom stereocenters. The van der Waals surface area contributed by atoms with Crippen LogP contribution in [0.25, 0.3) is 0 Å². The Hall–Kier alpha value is -3.11. The Labute approximate surface area is 168 Å². The van der Waals surface area contributed by atoms with Crippen molar-refractivity contribution in [2.24, 2.45) is 0 Å². The van der Waals surface area contributed by atoms with Crippen LogP contribution in [0.5, 0.6) is 0 Å².